The van der Waals surface area contributed by atoms with Crippen molar-refractivity contribution in [1.29, 1.82) is 0 Å². The van der Waals surface area contributed by atoms with Crippen LogP contribution in [0.2, 0.25) is 0 Å². The number of thiazole rings is 4. The van der Waals surface area contributed by atoms with Gasteiger partial charge in [-0.25, -0.2) is 19.9 Å². The van der Waals surface area contributed by atoms with Gasteiger partial charge in [0, 0.05) is 22.3 Å². The summed E-state index contributed by atoms with van der Waals surface area (Å²) in [5.74, 6) is 0. The summed E-state index contributed by atoms with van der Waals surface area (Å²) >= 11 is 7.03. The molecule has 0 N–H and O–H groups in total. The number of nitrogens with zero attached hydrogens (tertiary/aromatic N) is 4. The molecule has 4 nitrogen and oxygen atoms in total. The van der Waals surface area contributed by atoms with Crippen molar-refractivity contribution in [1.82, 2.24) is 19.9 Å². The van der Waals surface area contributed by atoms with E-state index in [9.17, 15) is 0 Å². The number of fused-ring (bicyclic) bond motifs is 10. The minimum Gasteiger partial charge on any atom is -0.236 e. The van der Waals surface area contributed by atoms with E-state index in [4.69, 9.17) is 19.9 Å². The summed E-state index contributed by atoms with van der Waals surface area (Å²) in [6.45, 7) is 8.59. The smallest absolute Gasteiger partial charge is 0.124 e. The Bertz CT molecular complexity index is 9470. The fourth-order valence-electron chi connectivity index (χ4n) is 22.4. The van der Waals surface area contributed by atoms with E-state index in [1.54, 1.807) is 45.3 Å². The molecule has 28 aromatic rings. The molecule has 148 heavy (non-hydrogen) atoms. The molecule has 0 bridgehead atoms. The van der Waals surface area contributed by atoms with Crippen molar-refractivity contribution >= 4 is 151 Å². The van der Waals surface area contributed by atoms with E-state index < -0.39 is 0 Å². The first kappa shape index (κ1) is 89.3. The first-order chi connectivity index (χ1) is 73.0. The maximum Gasteiger partial charge on any atom is 0.124 e. The quantitative estimate of drug-likeness (QED) is 0.0905. The number of hydrogen-bond donors (Lipinski definition) is 0. The van der Waals surface area contributed by atoms with Gasteiger partial charge in [0.2, 0.25) is 0 Å². The molecule has 4 heterocycles. The third kappa shape index (κ3) is 16.0. The molecular weight excluding hydrogens is 1870 g/mol. The summed E-state index contributed by atoms with van der Waals surface area (Å²) in [6.07, 6.45) is 0. The molecular formula is C140H92N4S4. The van der Waals surface area contributed by atoms with E-state index >= 15 is 0 Å². The number of benzene rings is 24. The zero-order valence-corrected chi connectivity index (χ0v) is 84.9. The average Bonchev–Trinajstić information content (AvgIpc) is 0.809. The van der Waals surface area contributed by atoms with Crippen LogP contribution in [0.15, 0.2) is 485 Å². The molecule has 0 radical (unpaired) electrons. The summed E-state index contributed by atoms with van der Waals surface area (Å²) in [5.41, 5.74) is 41.9. The highest BCUT2D eigenvalue weighted by atomic mass is 32.1. The topological polar surface area (TPSA) is 51.6 Å². The number of hydrogen-bond acceptors (Lipinski definition) is 8. The number of aryl methyl sites for hydroxylation is 4. The van der Waals surface area contributed by atoms with E-state index in [-0.39, 0.29) is 0 Å². The van der Waals surface area contributed by atoms with E-state index in [0.717, 1.165) is 86.6 Å². The highest BCUT2D eigenvalue weighted by Gasteiger charge is 2.32. The zero-order valence-electron chi connectivity index (χ0n) is 81.6. The Kier molecular flexibility index (Phi) is 22.6. The van der Waals surface area contributed by atoms with Gasteiger partial charge in [-0.05, 0) is 321 Å². The Labute approximate surface area is 874 Å². The Morgan fingerprint density at radius 2 is 0.291 bits per heavy atom. The molecule has 0 fully saturated rings. The van der Waals surface area contributed by atoms with Crippen molar-refractivity contribution in [2.24, 2.45) is 0 Å². The molecule has 0 spiro atoms. The van der Waals surface area contributed by atoms with Gasteiger partial charge in [0.1, 0.15) is 20.0 Å². The summed E-state index contributed by atoms with van der Waals surface area (Å²) in [5, 5.41) is 18.6. The van der Waals surface area contributed by atoms with Crippen molar-refractivity contribution in [2.75, 3.05) is 0 Å². The maximum atomic E-state index is 5.14. The lowest BCUT2D eigenvalue weighted by Gasteiger charge is -2.26. The Hall–Kier alpha value is -17.6. The molecule has 0 saturated carbocycles. The predicted octanol–water partition coefficient (Wildman–Crippen LogP) is 40.6. The highest BCUT2D eigenvalue weighted by molar-refractivity contribution is 7.22. The van der Waals surface area contributed by atoms with Crippen molar-refractivity contribution in [2.45, 2.75) is 27.7 Å². The lowest BCUT2D eigenvalue weighted by atomic mass is 9.76. The average molecular weight is 1960 g/mol. The summed E-state index contributed by atoms with van der Waals surface area (Å²) in [4.78, 5) is 20.5. The molecule has 0 aliphatic carbocycles. The lowest BCUT2D eigenvalue weighted by molar-refractivity contribution is 1.45. The van der Waals surface area contributed by atoms with Crippen LogP contribution in [0.5, 0.6) is 0 Å². The van der Waals surface area contributed by atoms with E-state index in [1.807, 2.05) is 0 Å². The highest BCUT2D eigenvalue weighted by Crippen LogP contribution is 2.59. The van der Waals surface area contributed by atoms with Crippen LogP contribution >= 0.6 is 45.3 Å². The third-order valence-corrected chi connectivity index (χ3v) is 33.5. The second-order valence-electron chi connectivity index (χ2n) is 38.7. The molecule has 28 rings (SSSR count). The third-order valence-electron chi connectivity index (χ3n) is 29.3. The Balaban J connectivity index is 0.000000146. The minimum atomic E-state index is 1.02. The predicted molar refractivity (Wildman–Crippen MR) is 637 cm³/mol. The second kappa shape index (κ2) is 37.5. The fraction of sp³-hybridized carbons (Fsp3) is 0.0286. The van der Waals surface area contributed by atoms with Gasteiger partial charge in [0.15, 0.2) is 0 Å². The Morgan fingerprint density at radius 1 is 0.135 bits per heavy atom. The molecule has 0 unspecified atom stereocenters. The van der Waals surface area contributed by atoms with E-state index in [0.29, 0.717) is 0 Å². The second-order valence-corrected chi connectivity index (χ2v) is 42.8. The largest absolute Gasteiger partial charge is 0.236 e. The molecule has 0 aliphatic rings. The Morgan fingerprint density at radius 3 is 0.480 bits per heavy atom. The van der Waals surface area contributed by atoms with Gasteiger partial charge < -0.3 is 0 Å². The van der Waals surface area contributed by atoms with Gasteiger partial charge in [-0.2, -0.15) is 0 Å². The van der Waals surface area contributed by atoms with Crippen molar-refractivity contribution in [3.05, 3.63) is 508 Å². The maximum absolute atomic E-state index is 5.14. The molecule has 0 atom stereocenters. The fourth-order valence-corrected chi connectivity index (χ4v) is 26.7. The van der Waals surface area contributed by atoms with Gasteiger partial charge in [-0.1, -0.05) is 413 Å². The van der Waals surface area contributed by atoms with Gasteiger partial charge >= 0.3 is 0 Å². The van der Waals surface area contributed by atoms with Crippen molar-refractivity contribution in [3.8, 4) is 176 Å². The monoisotopic (exact) mass is 1960 g/mol. The molecule has 24 aromatic carbocycles. The molecule has 0 saturated heterocycles. The van der Waals surface area contributed by atoms with Crippen LogP contribution in [-0.2, 0) is 0 Å². The van der Waals surface area contributed by atoms with Crippen LogP contribution in [0.25, 0.3) is 281 Å². The summed E-state index contributed by atoms with van der Waals surface area (Å²) < 4.78 is 4.82. The molecule has 4 aromatic heterocycles. The van der Waals surface area contributed by atoms with Crippen molar-refractivity contribution in [3.63, 3.8) is 0 Å². The van der Waals surface area contributed by atoms with Crippen LogP contribution in [-0.4, -0.2) is 19.9 Å². The molecule has 0 aliphatic heterocycles. The van der Waals surface area contributed by atoms with Crippen LogP contribution < -0.4 is 0 Å². The summed E-state index contributed by atoms with van der Waals surface area (Å²) in [6, 6.07) is 179. The van der Waals surface area contributed by atoms with Crippen LogP contribution in [0.1, 0.15) is 22.3 Å². The van der Waals surface area contributed by atoms with Crippen LogP contribution in [0, 0.1) is 27.7 Å². The lowest BCUT2D eigenvalue weighted by Crippen LogP contribution is -1.99. The van der Waals surface area contributed by atoms with Crippen LogP contribution in [0.4, 0.5) is 0 Å². The molecule has 696 valence electrons. The van der Waals surface area contributed by atoms with Crippen molar-refractivity contribution < 1.29 is 0 Å². The van der Waals surface area contributed by atoms with Gasteiger partial charge in [0.25, 0.3) is 0 Å². The van der Waals surface area contributed by atoms with E-state index in [2.05, 4.69) is 513 Å². The molecule has 8 heteroatoms. The van der Waals surface area contributed by atoms with Gasteiger partial charge in [-0.3, -0.25) is 0 Å². The van der Waals surface area contributed by atoms with E-state index in [1.165, 1.54) is 217 Å². The number of aromatic nitrogens is 4. The number of rotatable bonds is 16. The standard InChI is InChI=1S/2C70H46N2S2/c1-43-27-37-59-61(39-43)73-69(71-59)51-33-29-49(30-34-51)63-53-25-15-16-26-54(53)64(50-31-35-52(36-32-50)70-72-60-38-28-44(2)40-62(60)74-70)68-66(48-23-13-6-14-24-48)58-42-56(46-19-9-4-10-20-46)55(45-17-7-3-8-18-45)41-57(58)65(67(63)68)47-21-11-5-12-22-47;1-43-27-37-59-61(39-43)73-69(71-59)51-33-29-49(30-34-51)65-57-41-55(45-17-7-3-8-18-45)56(46-19-9-4-10-20-46)42-58(57)66(50-31-35-52(36-32-50)70-72-60-38-28-44(2)40-62(60)74-70)68-64(48-23-13-6-14-24-48)54-26-16-15-25-53(54)63(67(65)68)47-21-11-5-12-22-47/h2*3-42H,1-2H3. The first-order valence-corrected chi connectivity index (χ1v) is 53.7. The van der Waals surface area contributed by atoms with Crippen LogP contribution in [0.3, 0.4) is 0 Å². The van der Waals surface area contributed by atoms with Gasteiger partial charge in [-0.15, -0.1) is 45.3 Å². The first-order valence-electron chi connectivity index (χ1n) is 50.4. The SMILES string of the molecule is Cc1ccc2nc(-c3ccc(-c4c5cc(-c6ccccc6)c(-c6ccccc6)cc5c(-c5ccc(-c6nc7ccc(C)cc7s6)cc5)c5c(-c6ccccc6)c6ccccc6c(-c6ccccc6)c45)cc3)sc2c1.Cc1ccc2nc(-c3ccc(-c4c5ccccc5c(-c5ccc(-c6nc7ccc(C)cc7s6)cc5)c5c(-c6ccccc6)c6cc(-c7ccccc7)c(-c7ccccc7)cc6c(-c6ccccc6)c45)cc3)sc2c1. The van der Waals surface area contributed by atoms with Gasteiger partial charge in [0.05, 0.1) is 40.9 Å². The normalized spacial score (nSPS) is 11.6. The molecule has 0 amide bonds. The zero-order chi connectivity index (χ0) is 98.6. The summed E-state index contributed by atoms with van der Waals surface area (Å²) in [7, 11) is 0. The minimum absolute atomic E-state index is 1.02.